The second-order valence-electron chi connectivity index (χ2n) is 7.47. The number of hydrogen-bond acceptors (Lipinski definition) is 3. The van der Waals surface area contributed by atoms with Crippen molar-refractivity contribution in [2.75, 3.05) is 26.7 Å². The van der Waals surface area contributed by atoms with Gasteiger partial charge < -0.3 is 15.0 Å². The van der Waals surface area contributed by atoms with Gasteiger partial charge in [-0.1, -0.05) is 12.1 Å². The summed E-state index contributed by atoms with van der Waals surface area (Å²) in [6.45, 7) is 2.49. The molecule has 1 saturated carbocycles. The fraction of sp³-hybridized carbons (Fsp3) is 0.619. The molecule has 0 radical (unpaired) electrons. The molecule has 1 aliphatic heterocycles. The summed E-state index contributed by atoms with van der Waals surface area (Å²) in [5.41, 5.74) is 1.19. The van der Waals surface area contributed by atoms with Crippen molar-refractivity contribution < 1.29 is 14.3 Å². The van der Waals surface area contributed by atoms with Gasteiger partial charge in [-0.3, -0.25) is 9.59 Å². The molecular weight excluding hydrogens is 328 g/mol. The number of nitrogens with zero attached hydrogens (tertiary/aromatic N) is 1. The Hall–Kier alpha value is -2.04. The van der Waals surface area contributed by atoms with E-state index in [9.17, 15) is 9.59 Å². The molecule has 142 valence electrons. The summed E-state index contributed by atoms with van der Waals surface area (Å²) < 4.78 is 5.15. The monoisotopic (exact) mass is 358 g/mol. The first kappa shape index (κ1) is 18.7. The lowest BCUT2D eigenvalue weighted by molar-refractivity contribution is -0.137. The van der Waals surface area contributed by atoms with Gasteiger partial charge in [-0.05, 0) is 62.6 Å². The maximum Gasteiger partial charge on any atom is 0.225 e. The number of ether oxygens (including phenoxy) is 1. The van der Waals surface area contributed by atoms with Crippen LogP contribution in [0.5, 0.6) is 5.75 Å². The van der Waals surface area contributed by atoms with Crippen LogP contribution in [0.1, 0.15) is 44.1 Å². The zero-order chi connectivity index (χ0) is 18.4. The minimum atomic E-state index is 0.0634. The van der Waals surface area contributed by atoms with Crippen LogP contribution in [0.25, 0.3) is 0 Å². The van der Waals surface area contributed by atoms with E-state index in [2.05, 4.69) is 5.32 Å². The molecular formula is C21H30N2O3. The minimum Gasteiger partial charge on any atom is -0.497 e. The molecule has 1 aliphatic carbocycles. The average molecular weight is 358 g/mol. The molecule has 1 saturated heterocycles. The zero-order valence-electron chi connectivity index (χ0n) is 15.7. The topological polar surface area (TPSA) is 58.6 Å². The average Bonchev–Trinajstić information content (AvgIpc) is 3.23. The molecule has 0 aromatic heterocycles. The van der Waals surface area contributed by atoms with Gasteiger partial charge in [-0.15, -0.1) is 0 Å². The predicted molar refractivity (Wildman–Crippen MR) is 101 cm³/mol. The zero-order valence-corrected chi connectivity index (χ0v) is 15.7. The van der Waals surface area contributed by atoms with Crippen molar-refractivity contribution in [3.63, 3.8) is 0 Å². The lowest BCUT2D eigenvalue weighted by Crippen LogP contribution is -2.39. The van der Waals surface area contributed by atoms with E-state index in [1.54, 1.807) is 7.11 Å². The van der Waals surface area contributed by atoms with Crippen LogP contribution in [-0.4, -0.2) is 43.5 Å². The first-order valence-corrected chi connectivity index (χ1v) is 9.87. The summed E-state index contributed by atoms with van der Waals surface area (Å²) in [4.78, 5) is 26.9. The molecule has 0 atom stereocenters. The molecule has 2 aliphatic rings. The summed E-state index contributed by atoms with van der Waals surface area (Å²) in [6, 6.07) is 7.94. The Kier molecular flexibility index (Phi) is 6.53. The van der Waals surface area contributed by atoms with Crippen LogP contribution in [0, 0.1) is 11.8 Å². The Morgan fingerprint density at radius 3 is 2.27 bits per heavy atom. The number of amides is 2. The van der Waals surface area contributed by atoms with Crippen LogP contribution in [0.4, 0.5) is 0 Å². The number of rotatable bonds is 6. The minimum absolute atomic E-state index is 0.0634. The van der Waals surface area contributed by atoms with E-state index >= 15 is 0 Å². The lowest BCUT2D eigenvalue weighted by Gasteiger charge is -2.29. The highest BCUT2D eigenvalue weighted by atomic mass is 16.5. The van der Waals surface area contributed by atoms with E-state index < -0.39 is 0 Å². The van der Waals surface area contributed by atoms with Gasteiger partial charge in [0.1, 0.15) is 5.75 Å². The number of benzene rings is 1. The van der Waals surface area contributed by atoms with Crippen molar-refractivity contribution in [2.45, 2.75) is 44.9 Å². The molecule has 0 unspecified atom stereocenters. The highest BCUT2D eigenvalue weighted by molar-refractivity contribution is 5.81. The summed E-state index contributed by atoms with van der Waals surface area (Å²) in [5.74, 6) is 1.51. The standard InChI is InChI=1S/C21H30N2O3/c1-26-19-10-4-16(5-11-19)12-13-22-20(24)17-6-8-18(9-7-17)21(25)23-14-2-3-15-23/h4-5,10-11,17-18H,2-3,6-9,12-15H2,1H3,(H,22,24). The third-order valence-electron chi connectivity index (χ3n) is 5.74. The third-order valence-corrected chi connectivity index (χ3v) is 5.74. The van der Waals surface area contributed by atoms with Gasteiger partial charge in [0, 0.05) is 31.5 Å². The number of likely N-dealkylation sites (tertiary alicyclic amines) is 1. The summed E-state index contributed by atoms with van der Waals surface area (Å²) in [6.07, 6.45) is 6.46. The summed E-state index contributed by atoms with van der Waals surface area (Å²) >= 11 is 0. The molecule has 3 rings (SSSR count). The van der Waals surface area contributed by atoms with E-state index in [0.29, 0.717) is 12.5 Å². The first-order chi connectivity index (χ1) is 12.7. The Morgan fingerprint density at radius 2 is 1.65 bits per heavy atom. The van der Waals surface area contributed by atoms with Gasteiger partial charge in [-0.25, -0.2) is 0 Å². The Balaban J connectivity index is 1.37. The van der Waals surface area contributed by atoms with Gasteiger partial charge in [-0.2, -0.15) is 0 Å². The Labute approximate surface area is 156 Å². The quantitative estimate of drug-likeness (QED) is 0.851. The highest BCUT2D eigenvalue weighted by Crippen LogP contribution is 2.31. The van der Waals surface area contributed by atoms with Gasteiger partial charge in [0.2, 0.25) is 11.8 Å². The van der Waals surface area contributed by atoms with E-state index in [4.69, 9.17) is 4.74 Å². The lowest BCUT2D eigenvalue weighted by atomic mass is 9.81. The van der Waals surface area contributed by atoms with E-state index in [1.165, 1.54) is 5.56 Å². The normalized spacial score (nSPS) is 22.9. The van der Waals surface area contributed by atoms with E-state index in [-0.39, 0.29) is 17.7 Å². The van der Waals surface area contributed by atoms with Crippen molar-refractivity contribution in [2.24, 2.45) is 11.8 Å². The van der Waals surface area contributed by atoms with Crippen molar-refractivity contribution in [1.82, 2.24) is 10.2 Å². The van der Waals surface area contributed by atoms with Crippen molar-refractivity contribution in [3.05, 3.63) is 29.8 Å². The number of carbonyl (C=O) groups is 2. The van der Waals surface area contributed by atoms with E-state index in [1.807, 2.05) is 29.2 Å². The van der Waals surface area contributed by atoms with Gasteiger partial charge in [0.15, 0.2) is 0 Å². The molecule has 2 fully saturated rings. The van der Waals surface area contributed by atoms with Crippen molar-refractivity contribution >= 4 is 11.8 Å². The summed E-state index contributed by atoms with van der Waals surface area (Å²) in [7, 11) is 1.66. The molecule has 1 N–H and O–H groups in total. The predicted octanol–water partition coefficient (Wildman–Crippen LogP) is 2.78. The van der Waals surface area contributed by atoms with Gasteiger partial charge >= 0.3 is 0 Å². The van der Waals surface area contributed by atoms with Crippen LogP contribution in [0.15, 0.2) is 24.3 Å². The first-order valence-electron chi connectivity index (χ1n) is 9.87. The number of hydrogen-bond donors (Lipinski definition) is 1. The maximum absolute atomic E-state index is 12.5. The number of carbonyl (C=O) groups excluding carboxylic acids is 2. The molecule has 1 aromatic rings. The fourth-order valence-corrected chi connectivity index (χ4v) is 4.06. The second-order valence-corrected chi connectivity index (χ2v) is 7.47. The Bertz CT molecular complexity index is 600. The van der Waals surface area contributed by atoms with Crippen LogP contribution in [0.2, 0.25) is 0 Å². The smallest absolute Gasteiger partial charge is 0.225 e. The summed E-state index contributed by atoms with van der Waals surface area (Å²) in [5, 5.41) is 3.06. The van der Waals surface area contributed by atoms with Crippen LogP contribution >= 0.6 is 0 Å². The second kappa shape index (κ2) is 9.06. The molecule has 5 nitrogen and oxygen atoms in total. The molecule has 0 bridgehead atoms. The molecule has 2 amide bonds. The number of methoxy groups -OCH3 is 1. The van der Waals surface area contributed by atoms with Gasteiger partial charge in [0.05, 0.1) is 7.11 Å². The van der Waals surface area contributed by atoms with Crippen LogP contribution in [0.3, 0.4) is 0 Å². The molecule has 1 aromatic carbocycles. The number of nitrogens with one attached hydrogen (secondary N) is 1. The molecule has 0 spiro atoms. The maximum atomic E-state index is 12.5. The van der Waals surface area contributed by atoms with Crippen LogP contribution in [-0.2, 0) is 16.0 Å². The Morgan fingerprint density at radius 1 is 1.04 bits per heavy atom. The fourth-order valence-electron chi connectivity index (χ4n) is 4.06. The third kappa shape index (κ3) is 4.77. The highest BCUT2D eigenvalue weighted by Gasteiger charge is 2.32. The van der Waals surface area contributed by atoms with E-state index in [0.717, 1.165) is 63.8 Å². The molecule has 26 heavy (non-hydrogen) atoms. The van der Waals surface area contributed by atoms with Gasteiger partial charge in [0.25, 0.3) is 0 Å². The molecule has 1 heterocycles. The largest absolute Gasteiger partial charge is 0.497 e. The SMILES string of the molecule is COc1ccc(CCNC(=O)C2CCC(C(=O)N3CCCC3)CC2)cc1. The van der Waals surface area contributed by atoms with Crippen molar-refractivity contribution in [3.8, 4) is 5.75 Å². The molecule has 5 heteroatoms. The van der Waals surface area contributed by atoms with Crippen molar-refractivity contribution in [1.29, 1.82) is 0 Å². The van der Waals surface area contributed by atoms with Crippen LogP contribution < -0.4 is 10.1 Å².